The topological polar surface area (TPSA) is 120 Å². The highest BCUT2D eigenvalue weighted by molar-refractivity contribution is 7.88. The van der Waals surface area contributed by atoms with Gasteiger partial charge in [0.15, 0.2) is 5.76 Å². The van der Waals surface area contributed by atoms with Gasteiger partial charge in [0, 0.05) is 11.6 Å². The van der Waals surface area contributed by atoms with Crippen LogP contribution in [-0.2, 0) is 16.6 Å². The Hall–Kier alpha value is -1.52. The first kappa shape index (κ1) is 20.5. The Bertz CT molecular complexity index is 752. The molecule has 0 bridgehead atoms. The second kappa shape index (κ2) is 8.54. The Morgan fingerprint density at radius 2 is 2.00 bits per heavy atom. The molecule has 0 aliphatic rings. The maximum atomic E-state index is 12.5. The summed E-state index contributed by atoms with van der Waals surface area (Å²) in [7, 11) is -3.30. The van der Waals surface area contributed by atoms with Crippen LogP contribution in [0.3, 0.4) is 0 Å². The molecule has 2 rings (SSSR count). The second-order valence-corrected chi connectivity index (χ2v) is 7.09. The molecule has 10 heteroatoms. The number of rotatable bonds is 7. The average molecular weight is 380 g/mol. The molecule has 0 amide bonds. The van der Waals surface area contributed by atoms with Crippen LogP contribution in [0.1, 0.15) is 17.4 Å². The zero-order chi connectivity index (χ0) is 17.0. The van der Waals surface area contributed by atoms with E-state index < -0.39 is 28.8 Å². The number of nitrogens with one attached hydrogen (secondary N) is 1. The third-order valence-corrected chi connectivity index (χ3v) is 3.92. The molecule has 0 aliphatic carbocycles. The number of sulfonamides is 1. The first-order chi connectivity index (χ1) is 10.8. The van der Waals surface area contributed by atoms with Crippen molar-refractivity contribution in [2.75, 3.05) is 12.9 Å². The number of nitrogens with zero attached hydrogens (tertiary/aromatic N) is 1. The minimum atomic E-state index is -3.30. The number of benzene rings is 1. The number of quaternary nitrogens is 1. The molecule has 0 fully saturated rings. The summed E-state index contributed by atoms with van der Waals surface area (Å²) in [5, 5.41) is 13.7. The summed E-state index contributed by atoms with van der Waals surface area (Å²) in [6.45, 7) is -0.666. The van der Waals surface area contributed by atoms with Crippen LogP contribution in [0, 0.1) is 0 Å². The van der Waals surface area contributed by atoms with E-state index in [1.165, 1.54) is 0 Å². The van der Waals surface area contributed by atoms with Crippen molar-refractivity contribution in [3.63, 3.8) is 0 Å². The van der Waals surface area contributed by atoms with Gasteiger partial charge in [-0.3, -0.25) is 0 Å². The number of aliphatic hydroxyl groups excluding tert-OH is 1. The fraction of sp³-hybridized carbons (Fsp3) is 0.357. The lowest BCUT2D eigenvalue weighted by molar-refractivity contribution is -0.441. The van der Waals surface area contributed by atoms with Crippen molar-refractivity contribution in [3.8, 4) is 11.3 Å². The molecule has 5 N–H and O–H groups in total. The van der Waals surface area contributed by atoms with Gasteiger partial charge >= 0.3 is 0 Å². The Morgan fingerprint density at radius 1 is 1.38 bits per heavy atom. The molecule has 0 radical (unpaired) electrons. The third-order valence-electron chi connectivity index (χ3n) is 3.26. The molecule has 0 saturated carbocycles. The summed E-state index contributed by atoms with van der Waals surface area (Å²) in [5.74, 6) is 0.466. The molecule has 7 nitrogen and oxygen atoms in total. The molecule has 0 unspecified atom stereocenters. The van der Waals surface area contributed by atoms with Crippen molar-refractivity contribution < 1.29 is 40.6 Å². The summed E-state index contributed by atoms with van der Waals surface area (Å²) in [6.07, 6.45) is 0.0870. The Kier molecular flexibility index (Phi) is 7.30. The fourth-order valence-corrected chi connectivity index (χ4v) is 2.35. The molecule has 2 atom stereocenters. The lowest BCUT2D eigenvalue weighted by Gasteiger charge is -2.13. The highest BCUT2D eigenvalue weighted by Gasteiger charge is 2.20. The van der Waals surface area contributed by atoms with E-state index in [-0.39, 0.29) is 19.0 Å². The van der Waals surface area contributed by atoms with Gasteiger partial charge in [-0.15, -0.1) is 0 Å². The maximum Gasteiger partial charge on any atom is 0.209 e. The summed E-state index contributed by atoms with van der Waals surface area (Å²) in [4.78, 5) is 0. The third kappa shape index (κ3) is 5.53. The van der Waals surface area contributed by atoms with Crippen LogP contribution in [0.25, 0.3) is 11.3 Å². The standard InChI is InChI=1S/C14H18FN3O4S.ClH/c1-23(20,21)17-8-11-6-13(22-18-11)9-2-4-10(5-3-9)14(19)12(16)7-15;/h2-6,12,14,17,19H,7-8,16H2,1H3;1H/t12-,14-;/m1./s1. The smallest absolute Gasteiger partial charge is 0.209 e. The van der Waals surface area contributed by atoms with Crippen LogP contribution < -0.4 is 22.9 Å². The molecule has 24 heavy (non-hydrogen) atoms. The van der Waals surface area contributed by atoms with Gasteiger partial charge < -0.3 is 27.8 Å². The van der Waals surface area contributed by atoms with E-state index >= 15 is 0 Å². The van der Waals surface area contributed by atoms with Crippen LogP contribution >= 0.6 is 0 Å². The molecule has 1 aromatic heterocycles. The van der Waals surface area contributed by atoms with Crippen molar-refractivity contribution in [2.24, 2.45) is 0 Å². The Labute approximate surface area is 145 Å². The van der Waals surface area contributed by atoms with Crippen LogP contribution in [0.15, 0.2) is 34.9 Å². The van der Waals surface area contributed by atoms with Crippen molar-refractivity contribution in [1.82, 2.24) is 9.88 Å². The largest absolute Gasteiger partial charge is 1.00 e. The number of halogens is 2. The van der Waals surface area contributed by atoms with Crippen LogP contribution in [-0.4, -0.2) is 37.7 Å². The number of aromatic nitrogens is 1. The fourth-order valence-electron chi connectivity index (χ4n) is 1.94. The first-order valence-corrected chi connectivity index (χ1v) is 8.77. The molecular formula is C14H19ClFN3O4S. The lowest BCUT2D eigenvalue weighted by Crippen LogP contribution is -3.00. The zero-order valence-corrected chi connectivity index (χ0v) is 14.5. The average Bonchev–Trinajstić information content (AvgIpc) is 3.00. The monoisotopic (exact) mass is 379 g/mol. The molecule has 0 aliphatic heterocycles. The Balaban J connectivity index is 0.00000288. The van der Waals surface area contributed by atoms with E-state index in [1.54, 1.807) is 30.3 Å². The van der Waals surface area contributed by atoms with Crippen LogP contribution in [0.2, 0.25) is 0 Å². The molecule has 134 valence electrons. The van der Waals surface area contributed by atoms with E-state index in [4.69, 9.17) is 4.52 Å². The van der Waals surface area contributed by atoms with Gasteiger partial charge in [0.25, 0.3) is 0 Å². The number of hydrogen-bond donors (Lipinski definition) is 3. The highest BCUT2D eigenvalue weighted by atomic mass is 35.5. The molecule has 0 spiro atoms. The van der Waals surface area contributed by atoms with E-state index in [9.17, 15) is 17.9 Å². The first-order valence-electron chi connectivity index (χ1n) is 6.88. The van der Waals surface area contributed by atoms with E-state index in [2.05, 4.69) is 15.6 Å². The number of alkyl halides is 1. The van der Waals surface area contributed by atoms with Crippen molar-refractivity contribution >= 4 is 10.0 Å². The molecule has 0 saturated heterocycles. The summed E-state index contributed by atoms with van der Waals surface area (Å²) in [6, 6.07) is 7.63. The van der Waals surface area contributed by atoms with Crippen molar-refractivity contribution in [1.29, 1.82) is 0 Å². The zero-order valence-electron chi connectivity index (χ0n) is 12.9. The second-order valence-electron chi connectivity index (χ2n) is 5.26. The van der Waals surface area contributed by atoms with Crippen LogP contribution in [0.5, 0.6) is 0 Å². The maximum absolute atomic E-state index is 12.5. The number of aliphatic hydroxyl groups is 1. The van der Waals surface area contributed by atoms with Gasteiger partial charge in [0.2, 0.25) is 10.0 Å². The van der Waals surface area contributed by atoms with Gasteiger partial charge in [0.05, 0.1) is 18.5 Å². The normalized spacial score (nSPS) is 14.0. The quantitative estimate of drug-likeness (QED) is 0.474. The SMILES string of the molecule is CS(=O)(=O)NCc1cc(-c2ccc([C@@H](O)[C@H]([NH3+])CF)cc2)on1.[Cl-]. The summed E-state index contributed by atoms with van der Waals surface area (Å²) in [5.41, 5.74) is 5.26. The van der Waals surface area contributed by atoms with Gasteiger partial charge in [0.1, 0.15) is 18.8 Å². The van der Waals surface area contributed by atoms with E-state index in [1.807, 2.05) is 0 Å². The van der Waals surface area contributed by atoms with Crippen molar-refractivity contribution in [3.05, 3.63) is 41.6 Å². The predicted octanol–water partition coefficient (Wildman–Crippen LogP) is -2.99. The van der Waals surface area contributed by atoms with Gasteiger partial charge in [-0.05, 0) is 5.56 Å². The predicted molar refractivity (Wildman–Crippen MR) is 81.2 cm³/mol. The lowest BCUT2D eigenvalue weighted by atomic mass is 10.0. The van der Waals surface area contributed by atoms with Gasteiger partial charge in [-0.25, -0.2) is 17.5 Å². The van der Waals surface area contributed by atoms with Crippen molar-refractivity contribution in [2.45, 2.75) is 18.7 Å². The highest BCUT2D eigenvalue weighted by Crippen LogP contribution is 2.23. The molecule has 1 heterocycles. The van der Waals surface area contributed by atoms with Crippen LogP contribution in [0.4, 0.5) is 4.39 Å². The molecule has 1 aromatic carbocycles. The molecule has 2 aromatic rings. The minimum Gasteiger partial charge on any atom is -1.00 e. The van der Waals surface area contributed by atoms with E-state index in [0.29, 0.717) is 22.6 Å². The summed E-state index contributed by atoms with van der Waals surface area (Å²) >= 11 is 0. The minimum absolute atomic E-state index is 0. The number of hydrogen-bond acceptors (Lipinski definition) is 5. The van der Waals surface area contributed by atoms with E-state index in [0.717, 1.165) is 6.26 Å². The van der Waals surface area contributed by atoms with Gasteiger partial charge in [-0.1, -0.05) is 29.4 Å². The summed E-state index contributed by atoms with van der Waals surface area (Å²) < 4.78 is 42.1. The Morgan fingerprint density at radius 3 is 2.54 bits per heavy atom. The molecular weight excluding hydrogens is 361 g/mol. The van der Waals surface area contributed by atoms with Gasteiger partial charge in [-0.2, -0.15) is 0 Å².